The molecule has 0 bridgehead atoms. The number of aromatic nitrogens is 2. The number of benzene rings is 2. The van der Waals surface area contributed by atoms with Gasteiger partial charge >= 0.3 is 0 Å². The van der Waals surface area contributed by atoms with Crippen LogP contribution in [-0.2, 0) is 4.79 Å². The highest BCUT2D eigenvalue weighted by Gasteiger charge is 2.18. The van der Waals surface area contributed by atoms with Gasteiger partial charge in [-0.25, -0.2) is 0 Å². The molecule has 9 heteroatoms. The fourth-order valence-electron chi connectivity index (χ4n) is 1.98. The highest BCUT2D eigenvalue weighted by Crippen LogP contribution is 2.31. The Kier molecular flexibility index (Phi) is 6.37. The van der Waals surface area contributed by atoms with Crippen LogP contribution in [0.3, 0.4) is 0 Å². The topological polar surface area (TPSA) is 66.9 Å². The number of carbonyl (C=O) groups excluding carboxylic acids is 1. The van der Waals surface area contributed by atoms with Crippen LogP contribution < -0.4 is 10.6 Å². The summed E-state index contributed by atoms with van der Waals surface area (Å²) in [5, 5.41) is 15.4. The Bertz CT molecular complexity index is 905. The summed E-state index contributed by atoms with van der Waals surface area (Å²) < 4.78 is 0.702. The normalized spacial score (nSPS) is 11.8. The van der Waals surface area contributed by atoms with Crippen LogP contribution in [0.5, 0.6) is 0 Å². The lowest BCUT2D eigenvalue weighted by molar-refractivity contribution is -0.115. The van der Waals surface area contributed by atoms with Crippen molar-refractivity contribution in [1.82, 2.24) is 10.2 Å². The van der Waals surface area contributed by atoms with Crippen molar-refractivity contribution in [3.8, 4) is 0 Å². The number of amides is 1. The summed E-state index contributed by atoms with van der Waals surface area (Å²) in [5.74, 6) is -0.174. The number of hydrogen-bond donors (Lipinski definition) is 2. The number of para-hydroxylation sites is 1. The second kappa shape index (κ2) is 8.73. The number of rotatable bonds is 6. The predicted octanol–water partition coefficient (Wildman–Crippen LogP) is 5.71. The number of halogens is 2. The molecule has 0 aliphatic heterocycles. The second-order valence-corrected chi connectivity index (χ2v) is 8.65. The molecule has 1 heterocycles. The quantitative estimate of drug-likeness (QED) is 0.496. The fraction of sp³-hybridized carbons (Fsp3) is 0.118. The molecule has 1 amide bonds. The molecule has 1 unspecified atom stereocenters. The summed E-state index contributed by atoms with van der Waals surface area (Å²) in [6, 6.07) is 14.6. The molecular weight excluding hydrogens is 411 g/mol. The maximum atomic E-state index is 12.4. The van der Waals surface area contributed by atoms with Crippen LogP contribution in [0, 0.1) is 0 Å². The molecule has 2 aromatic carbocycles. The summed E-state index contributed by atoms with van der Waals surface area (Å²) in [5.41, 5.74) is 1.46. The van der Waals surface area contributed by atoms with E-state index in [0.29, 0.717) is 25.2 Å². The van der Waals surface area contributed by atoms with Crippen LogP contribution in [0.2, 0.25) is 10.0 Å². The Morgan fingerprint density at radius 1 is 1.15 bits per heavy atom. The Morgan fingerprint density at radius 3 is 2.65 bits per heavy atom. The molecule has 0 aliphatic carbocycles. The van der Waals surface area contributed by atoms with E-state index < -0.39 is 0 Å². The van der Waals surface area contributed by atoms with Crippen molar-refractivity contribution in [3.05, 3.63) is 58.6 Å². The zero-order valence-corrected chi connectivity index (χ0v) is 16.7. The van der Waals surface area contributed by atoms with Gasteiger partial charge in [-0.15, -0.1) is 10.2 Å². The maximum Gasteiger partial charge on any atom is 0.237 e. The summed E-state index contributed by atoms with van der Waals surface area (Å²) in [6.07, 6.45) is 0. The summed E-state index contributed by atoms with van der Waals surface area (Å²) in [4.78, 5) is 12.4. The van der Waals surface area contributed by atoms with E-state index in [4.69, 9.17) is 23.2 Å². The van der Waals surface area contributed by atoms with Crippen LogP contribution in [0.4, 0.5) is 16.5 Å². The lowest BCUT2D eigenvalue weighted by Crippen LogP contribution is -2.22. The van der Waals surface area contributed by atoms with Gasteiger partial charge in [0.15, 0.2) is 4.34 Å². The van der Waals surface area contributed by atoms with E-state index in [2.05, 4.69) is 20.8 Å². The van der Waals surface area contributed by atoms with Gasteiger partial charge < -0.3 is 10.6 Å². The molecule has 2 N–H and O–H groups in total. The lowest BCUT2D eigenvalue weighted by Gasteiger charge is -2.11. The van der Waals surface area contributed by atoms with E-state index in [-0.39, 0.29) is 11.2 Å². The van der Waals surface area contributed by atoms with Gasteiger partial charge in [0.1, 0.15) is 0 Å². The minimum absolute atomic E-state index is 0.174. The summed E-state index contributed by atoms with van der Waals surface area (Å²) in [6.45, 7) is 1.80. The molecule has 26 heavy (non-hydrogen) atoms. The zero-order chi connectivity index (χ0) is 18.5. The van der Waals surface area contributed by atoms with Crippen molar-refractivity contribution >= 4 is 68.7 Å². The van der Waals surface area contributed by atoms with Crippen molar-refractivity contribution in [2.75, 3.05) is 10.6 Å². The minimum Gasteiger partial charge on any atom is -0.330 e. The van der Waals surface area contributed by atoms with Crippen LogP contribution in [0.25, 0.3) is 0 Å². The number of carbonyl (C=O) groups is 1. The Hall–Kier alpha value is -1.80. The van der Waals surface area contributed by atoms with Gasteiger partial charge in [-0.1, -0.05) is 64.5 Å². The molecule has 3 aromatic rings. The molecule has 3 rings (SSSR count). The molecule has 0 saturated carbocycles. The van der Waals surface area contributed by atoms with Gasteiger partial charge in [0.25, 0.3) is 0 Å². The third kappa shape index (κ3) is 5.11. The highest BCUT2D eigenvalue weighted by atomic mass is 35.5. The third-order valence-electron chi connectivity index (χ3n) is 3.27. The first-order chi connectivity index (χ1) is 12.5. The predicted molar refractivity (Wildman–Crippen MR) is 110 cm³/mol. The van der Waals surface area contributed by atoms with Crippen molar-refractivity contribution in [2.45, 2.75) is 16.5 Å². The fourth-order valence-corrected chi connectivity index (χ4v) is 4.35. The van der Waals surface area contributed by atoms with Gasteiger partial charge in [0.05, 0.1) is 16.0 Å². The number of nitrogens with zero attached hydrogens (tertiary/aromatic N) is 2. The largest absolute Gasteiger partial charge is 0.330 e. The second-order valence-electron chi connectivity index (χ2n) is 5.24. The average Bonchev–Trinajstić information content (AvgIpc) is 3.05. The minimum atomic E-state index is -0.362. The molecule has 5 nitrogen and oxygen atoms in total. The maximum absolute atomic E-state index is 12.4. The highest BCUT2D eigenvalue weighted by molar-refractivity contribution is 8.02. The van der Waals surface area contributed by atoms with Crippen molar-refractivity contribution in [3.63, 3.8) is 0 Å². The van der Waals surface area contributed by atoms with Crippen LogP contribution in [-0.4, -0.2) is 21.4 Å². The Balaban J connectivity index is 1.59. The van der Waals surface area contributed by atoms with E-state index in [1.807, 2.05) is 30.3 Å². The van der Waals surface area contributed by atoms with Crippen LogP contribution in [0.15, 0.2) is 52.9 Å². The number of hydrogen-bond acceptors (Lipinski definition) is 6. The standard InChI is InChI=1S/C17H14Cl2N4OS2/c1-10(15(24)21-14-8-7-11(18)9-13(14)19)25-17-23-22-16(26-17)20-12-5-3-2-4-6-12/h2-10H,1H3,(H,20,22)(H,21,24). The van der Waals surface area contributed by atoms with E-state index in [1.54, 1.807) is 25.1 Å². The average molecular weight is 425 g/mol. The molecule has 134 valence electrons. The van der Waals surface area contributed by atoms with E-state index in [1.165, 1.54) is 23.1 Å². The Labute approximate surface area is 169 Å². The molecule has 0 saturated heterocycles. The molecule has 1 aromatic heterocycles. The first kappa shape index (κ1) is 19.0. The lowest BCUT2D eigenvalue weighted by atomic mass is 10.3. The first-order valence-electron chi connectivity index (χ1n) is 7.59. The van der Waals surface area contributed by atoms with E-state index >= 15 is 0 Å². The molecular formula is C17H14Cl2N4OS2. The Morgan fingerprint density at radius 2 is 1.92 bits per heavy atom. The number of anilines is 3. The van der Waals surface area contributed by atoms with Crippen LogP contribution >= 0.6 is 46.3 Å². The van der Waals surface area contributed by atoms with Gasteiger partial charge in [-0.05, 0) is 37.3 Å². The van der Waals surface area contributed by atoms with Crippen LogP contribution in [0.1, 0.15) is 6.92 Å². The SMILES string of the molecule is CC(Sc1nnc(Nc2ccccc2)s1)C(=O)Nc1ccc(Cl)cc1Cl. The number of thioether (sulfide) groups is 1. The molecule has 0 fully saturated rings. The monoisotopic (exact) mass is 424 g/mol. The van der Waals surface area contributed by atoms with Gasteiger partial charge in [-0.3, -0.25) is 4.79 Å². The third-order valence-corrected chi connectivity index (χ3v) is 5.84. The van der Waals surface area contributed by atoms with Crippen molar-refractivity contribution in [2.24, 2.45) is 0 Å². The smallest absolute Gasteiger partial charge is 0.237 e. The van der Waals surface area contributed by atoms with E-state index in [9.17, 15) is 4.79 Å². The summed E-state index contributed by atoms with van der Waals surface area (Å²) >= 11 is 14.7. The van der Waals surface area contributed by atoms with Gasteiger partial charge in [0, 0.05) is 10.7 Å². The first-order valence-corrected chi connectivity index (χ1v) is 10.0. The summed E-state index contributed by atoms with van der Waals surface area (Å²) in [7, 11) is 0. The molecule has 0 aliphatic rings. The molecule has 1 atom stereocenters. The van der Waals surface area contributed by atoms with Gasteiger partial charge in [-0.2, -0.15) is 0 Å². The van der Waals surface area contributed by atoms with Gasteiger partial charge in [0.2, 0.25) is 11.0 Å². The zero-order valence-electron chi connectivity index (χ0n) is 13.6. The van der Waals surface area contributed by atoms with Crippen molar-refractivity contribution < 1.29 is 4.79 Å². The van der Waals surface area contributed by atoms with Crippen molar-refractivity contribution in [1.29, 1.82) is 0 Å². The molecule has 0 spiro atoms. The number of nitrogens with one attached hydrogen (secondary N) is 2. The van der Waals surface area contributed by atoms with E-state index in [0.717, 1.165) is 5.69 Å². The molecule has 0 radical (unpaired) electrons.